The number of urea groups is 1. The Morgan fingerprint density at radius 3 is 2.52 bits per heavy atom. The average Bonchev–Trinajstić information content (AvgIpc) is 2.48. The molecule has 0 radical (unpaired) electrons. The predicted octanol–water partition coefficient (Wildman–Crippen LogP) is 1.08. The summed E-state index contributed by atoms with van der Waals surface area (Å²) in [6.45, 7) is 8.00. The lowest BCUT2D eigenvalue weighted by atomic mass is 10.0. The summed E-state index contributed by atoms with van der Waals surface area (Å²) in [4.78, 5) is 25.8. The highest BCUT2D eigenvalue weighted by molar-refractivity contribution is 5.95. The van der Waals surface area contributed by atoms with Gasteiger partial charge in [0.2, 0.25) is 5.91 Å². The molecule has 3 N–H and O–H groups in total. The molecule has 0 bridgehead atoms. The third-order valence-corrected chi connectivity index (χ3v) is 3.75. The van der Waals surface area contributed by atoms with Crippen LogP contribution in [0.2, 0.25) is 0 Å². The number of imide groups is 1. The van der Waals surface area contributed by atoms with Crippen LogP contribution >= 0.6 is 0 Å². The highest BCUT2D eigenvalue weighted by atomic mass is 16.2. The highest BCUT2D eigenvalue weighted by Gasteiger charge is 2.22. The fourth-order valence-electron chi connectivity index (χ4n) is 2.62. The Bertz CT molecular complexity index is 317. The fourth-order valence-corrected chi connectivity index (χ4v) is 2.62. The lowest BCUT2D eigenvalue weighted by molar-refractivity contribution is -0.121. The number of carbonyl (C=O) groups is 2. The van der Waals surface area contributed by atoms with Gasteiger partial charge in [-0.05, 0) is 45.3 Å². The Balaban J connectivity index is 2.35. The van der Waals surface area contributed by atoms with E-state index in [-0.39, 0.29) is 11.9 Å². The summed E-state index contributed by atoms with van der Waals surface area (Å²) < 4.78 is 0. The second kappa shape index (κ2) is 10.6. The number of piperidine rings is 1. The Labute approximate surface area is 128 Å². The lowest BCUT2D eigenvalue weighted by Crippen LogP contribution is -2.49. The fraction of sp³-hybridized carbons (Fsp3) is 0.867. The summed E-state index contributed by atoms with van der Waals surface area (Å²) in [5, 5.41) is 8.45. The first-order valence-electron chi connectivity index (χ1n) is 8.19. The summed E-state index contributed by atoms with van der Waals surface area (Å²) >= 11 is 0. The van der Waals surface area contributed by atoms with Gasteiger partial charge < -0.3 is 10.6 Å². The number of hydrogen-bond acceptors (Lipinski definition) is 4. The Hall–Kier alpha value is -1.14. The third-order valence-electron chi connectivity index (χ3n) is 3.75. The van der Waals surface area contributed by atoms with E-state index in [2.05, 4.69) is 34.7 Å². The van der Waals surface area contributed by atoms with E-state index in [0.717, 1.165) is 51.7 Å². The number of carbonyl (C=O) groups excluding carboxylic acids is 2. The molecule has 3 amide bonds. The zero-order chi connectivity index (χ0) is 15.5. The van der Waals surface area contributed by atoms with Crippen molar-refractivity contribution in [3.05, 3.63) is 0 Å². The molecule has 1 saturated heterocycles. The van der Waals surface area contributed by atoms with Crippen molar-refractivity contribution in [2.75, 3.05) is 32.7 Å². The summed E-state index contributed by atoms with van der Waals surface area (Å²) in [5.74, 6) is -0.212. The van der Waals surface area contributed by atoms with Crippen molar-refractivity contribution in [1.82, 2.24) is 20.9 Å². The molecule has 1 aliphatic heterocycles. The first-order valence-corrected chi connectivity index (χ1v) is 8.19. The van der Waals surface area contributed by atoms with E-state index in [1.54, 1.807) is 0 Å². The van der Waals surface area contributed by atoms with Gasteiger partial charge in [0, 0.05) is 12.6 Å². The minimum Gasteiger partial charge on any atom is -0.338 e. The van der Waals surface area contributed by atoms with E-state index in [0.29, 0.717) is 19.1 Å². The lowest BCUT2D eigenvalue weighted by Gasteiger charge is -2.33. The topological polar surface area (TPSA) is 73.5 Å². The number of hydrogen-bond donors (Lipinski definition) is 3. The summed E-state index contributed by atoms with van der Waals surface area (Å²) in [7, 11) is 0. The zero-order valence-electron chi connectivity index (χ0n) is 13.4. The van der Waals surface area contributed by atoms with E-state index in [4.69, 9.17) is 0 Å². The van der Waals surface area contributed by atoms with Gasteiger partial charge in [0.15, 0.2) is 0 Å². The normalized spacial score (nSPS) is 16.0. The summed E-state index contributed by atoms with van der Waals surface area (Å²) in [5.41, 5.74) is 0. The smallest absolute Gasteiger partial charge is 0.321 e. The average molecular weight is 298 g/mol. The van der Waals surface area contributed by atoms with Gasteiger partial charge in [0.25, 0.3) is 0 Å². The molecule has 0 aromatic heterocycles. The molecule has 0 spiro atoms. The quantitative estimate of drug-likeness (QED) is 0.586. The van der Waals surface area contributed by atoms with Crippen LogP contribution in [-0.2, 0) is 4.79 Å². The minimum atomic E-state index is -0.379. The van der Waals surface area contributed by atoms with E-state index in [9.17, 15) is 9.59 Å². The Morgan fingerprint density at radius 1 is 1.19 bits per heavy atom. The minimum absolute atomic E-state index is 0.212. The van der Waals surface area contributed by atoms with E-state index < -0.39 is 0 Å². The number of rotatable bonds is 8. The van der Waals surface area contributed by atoms with E-state index >= 15 is 0 Å². The van der Waals surface area contributed by atoms with Crippen LogP contribution in [-0.4, -0.2) is 55.6 Å². The molecule has 0 aromatic rings. The van der Waals surface area contributed by atoms with Crippen LogP contribution in [0.15, 0.2) is 0 Å². The van der Waals surface area contributed by atoms with Crippen LogP contribution in [0.5, 0.6) is 0 Å². The highest BCUT2D eigenvalue weighted by Crippen LogP contribution is 2.11. The molecule has 0 atom stereocenters. The molecule has 0 aromatic carbocycles. The largest absolute Gasteiger partial charge is 0.338 e. The molecule has 1 heterocycles. The van der Waals surface area contributed by atoms with Gasteiger partial charge in [0.1, 0.15) is 0 Å². The van der Waals surface area contributed by atoms with Crippen molar-refractivity contribution in [2.45, 2.75) is 52.0 Å². The third kappa shape index (κ3) is 7.43. The van der Waals surface area contributed by atoms with Crippen LogP contribution in [0.4, 0.5) is 4.79 Å². The van der Waals surface area contributed by atoms with Crippen molar-refractivity contribution >= 4 is 11.9 Å². The van der Waals surface area contributed by atoms with Crippen LogP contribution < -0.4 is 16.0 Å². The molecule has 1 aliphatic rings. The molecule has 21 heavy (non-hydrogen) atoms. The van der Waals surface area contributed by atoms with Crippen molar-refractivity contribution in [1.29, 1.82) is 0 Å². The van der Waals surface area contributed by atoms with Gasteiger partial charge in [0.05, 0.1) is 6.54 Å². The molecular formula is C15H30N4O2. The SMILES string of the molecule is CCCCNC(=O)NC(=O)CN(CCC)C1CCNCC1. The molecule has 1 fully saturated rings. The molecule has 1 rings (SSSR count). The molecule has 0 aliphatic carbocycles. The van der Waals surface area contributed by atoms with Gasteiger partial charge in [-0.1, -0.05) is 20.3 Å². The first-order chi connectivity index (χ1) is 10.2. The Kier molecular flexibility index (Phi) is 9.01. The van der Waals surface area contributed by atoms with Crippen molar-refractivity contribution in [2.24, 2.45) is 0 Å². The van der Waals surface area contributed by atoms with Gasteiger partial charge in [-0.25, -0.2) is 4.79 Å². The van der Waals surface area contributed by atoms with Gasteiger partial charge in [-0.15, -0.1) is 0 Å². The maximum Gasteiger partial charge on any atom is 0.321 e. The van der Waals surface area contributed by atoms with Gasteiger partial charge in [-0.2, -0.15) is 0 Å². The Morgan fingerprint density at radius 2 is 1.90 bits per heavy atom. The zero-order valence-corrected chi connectivity index (χ0v) is 13.4. The predicted molar refractivity (Wildman–Crippen MR) is 84.2 cm³/mol. The molecule has 122 valence electrons. The first kappa shape index (κ1) is 17.9. The number of nitrogens with one attached hydrogen (secondary N) is 3. The second-order valence-corrected chi connectivity index (χ2v) is 5.61. The number of amides is 3. The van der Waals surface area contributed by atoms with Gasteiger partial charge >= 0.3 is 6.03 Å². The van der Waals surface area contributed by atoms with Gasteiger partial charge in [-0.3, -0.25) is 15.0 Å². The second-order valence-electron chi connectivity index (χ2n) is 5.61. The van der Waals surface area contributed by atoms with E-state index in [1.165, 1.54) is 0 Å². The number of nitrogens with zero attached hydrogens (tertiary/aromatic N) is 1. The van der Waals surface area contributed by atoms with Crippen LogP contribution in [0.3, 0.4) is 0 Å². The van der Waals surface area contributed by atoms with Crippen LogP contribution in [0.1, 0.15) is 46.0 Å². The molecular weight excluding hydrogens is 268 g/mol. The van der Waals surface area contributed by atoms with Crippen molar-refractivity contribution in [3.63, 3.8) is 0 Å². The van der Waals surface area contributed by atoms with Crippen molar-refractivity contribution in [3.8, 4) is 0 Å². The molecule has 0 unspecified atom stereocenters. The maximum atomic E-state index is 12.0. The van der Waals surface area contributed by atoms with Crippen LogP contribution in [0.25, 0.3) is 0 Å². The molecule has 6 nitrogen and oxygen atoms in total. The summed E-state index contributed by atoms with van der Waals surface area (Å²) in [6, 6.07) is 0.0651. The standard InChI is InChI=1S/C15H30N4O2/c1-3-5-8-17-15(21)18-14(20)12-19(11-4-2)13-6-9-16-10-7-13/h13,16H,3-12H2,1-2H3,(H2,17,18,20,21). The van der Waals surface area contributed by atoms with Crippen molar-refractivity contribution < 1.29 is 9.59 Å². The number of unbranched alkanes of at least 4 members (excludes halogenated alkanes) is 1. The summed E-state index contributed by atoms with van der Waals surface area (Å²) in [6.07, 6.45) is 5.10. The van der Waals surface area contributed by atoms with Crippen LogP contribution in [0, 0.1) is 0 Å². The molecule has 6 heteroatoms. The monoisotopic (exact) mass is 298 g/mol. The molecule has 0 saturated carbocycles. The maximum absolute atomic E-state index is 12.0. The van der Waals surface area contributed by atoms with E-state index in [1.807, 2.05) is 0 Å².